The average molecular weight is 500 g/mol. The van der Waals surface area contributed by atoms with Crippen LogP contribution in [-0.4, -0.2) is 46.6 Å². The zero-order chi connectivity index (χ0) is 24.3. The van der Waals surface area contributed by atoms with E-state index in [2.05, 4.69) is 10.2 Å². The number of fused-ring (bicyclic) bond motifs is 1. The number of hydrogen-bond acceptors (Lipinski definition) is 5. The highest BCUT2D eigenvalue weighted by molar-refractivity contribution is 7.89. The maximum atomic E-state index is 15.2. The Labute approximate surface area is 203 Å². The van der Waals surface area contributed by atoms with Gasteiger partial charge in [0, 0.05) is 55.2 Å². The standard InChI is InChI=1S/C25H27F2N5O2S/c1-16-7-8-24(17-5-3-2-4-6-17)35(33,34)32(16)11-18-9-22(27)23(10-21(18)26)30-12-19-20(13-30)25(19)31-14-28-29-15-31/h2-6,9-10,14-16,19-20,24-25H,7-8,11-13H2,1H3/t16-,19-,20+,24?,25+/m0/s1. The average Bonchev–Trinajstić information content (AvgIpc) is 3.21. The van der Waals surface area contributed by atoms with Crippen molar-refractivity contribution in [2.45, 2.75) is 43.6 Å². The molecule has 1 unspecified atom stereocenters. The van der Waals surface area contributed by atoms with Gasteiger partial charge in [-0.05, 0) is 31.4 Å². The Morgan fingerprint density at radius 3 is 2.34 bits per heavy atom. The summed E-state index contributed by atoms with van der Waals surface area (Å²) in [7, 11) is -3.73. The molecule has 3 fully saturated rings. The molecule has 5 atom stereocenters. The second-order valence-electron chi connectivity index (χ2n) is 9.94. The first kappa shape index (κ1) is 22.6. The van der Waals surface area contributed by atoms with Gasteiger partial charge in [0.1, 0.15) is 29.5 Å². The van der Waals surface area contributed by atoms with Gasteiger partial charge in [-0.1, -0.05) is 30.3 Å². The van der Waals surface area contributed by atoms with Crippen LogP contribution in [-0.2, 0) is 16.6 Å². The highest BCUT2D eigenvalue weighted by Gasteiger charge is 2.57. The summed E-state index contributed by atoms with van der Waals surface area (Å²) < 4.78 is 60.6. The van der Waals surface area contributed by atoms with E-state index in [4.69, 9.17) is 0 Å². The van der Waals surface area contributed by atoms with Crippen LogP contribution in [0.1, 0.15) is 42.2 Å². The maximum Gasteiger partial charge on any atom is 0.221 e. The summed E-state index contributed by atoms with van der Waals surface area (Å²) in [5, 5.41) is 7.02. The van der Waals surface area contributed by atoms with Gasteiger partial charge in [-0.3, -0.25) is 0 Å². The predicted molar refractivity (Wildman–Crippen MR) is 127 cm³/mol. The summed E-state index contributed by atoms with van der Waals surface area (Å²) in [6, 6.07) is 11.5. The molecular weight excluding hydrogens is 472 g/mol. The molecular formula is C25H27F2N5O2S. The summed E-state index contributed by atoms with van der Waals surface area (Å²) >= 11 is 0. The summed E-state index contributed by atoms with van der Waals surface area (Å²) in [6.07, 6.45) is 4.55. The molecule has 3 aliphatic rings. The highest BCUT2D eigenvalue weighted by atomic mass is 32.2. The largest absolute Gasteiger partial charge is 0.368 e. The van der Waals surface area contributed by atoms with Gasteiger partial charge in [-0.25, -0.2) is 17.2 Å². The molecule has 1 saturated carbocycles. The fourth-order valence-corrected chi connectivity index (χ4v) is 8.15. The van der Waals surface area contributed by atoms with Crippen molar-refractivity contribution in [3.05, 3.63) is 77.9 Å². The fraction of sp³-hybridized carbons (Fsp3) is 0.440. The molecule has 0 N–H and O–H groups in total. The summed E-state index contributed by atoms with van der Waals surface area (Å²) in [5.74, 6) is -0.378. The van der Waals surface area contributed by atoms with Crippen LogP contribution in [0.2, 0.25) is 0 Å². The first-order valence-corrected chi connectivity index (χ1v) is 13.5. The van der Waals surface area contributed by atoms with Crippen molar-refractivity contribution in [1.82, 2.24) is 19.1 Å². The van der Waals surface area contributed by atoms with Gasteiger partial charge in [0.15, 0.2) is 0 Å². The van der Waals surface area contributed by atoms with Crippen molar-refractivity contribution in [2.24, 2.45) is 11.8 Å². The van der Waals surface area contributed by atoms with Crippen LogP contribution >= 0.6 is 0 Å². The van der Waals surface area contributed by atoms with Crippen LogP contribution in [0, 0.1) is 23.5 Å². The van der Waals surface area contributed by atoms with Gasteiger partial charge in [0.05, 0.1) is 5.69 Å². The molecule has 35 heavy (non-hydrogen) atoms. The highest BCUT2D eigenvalue weighted by Crippen LogP contribution is 2.56. The van der Waals surface area contributed by atoms with Crippen LogP contribution in [0.3, 0.4) is 0 Å². The first-order valence-electron chi connectivity index (χ1n) is 12.0. The number of hydrogen-bond donors (Lipinski definition) is 0. The topological polar surface area (TPSA) is 71.3 Å². The Bertz CT molecular complexity index is 1320. The Kier molecular flexibility index (Phi) is 5.41. The second kappa shape index (κ2) is 8.37. The first-order chi connectivity index (χ1) is 16.8. The summed E-state index contributed by atoms with van der Waals surface area (Å²) in [6.45, 7) is 2.92. The maximum absolute atomic E-state index is 15.2. The van der Waals surface area contributed by atoms with E-state index in [1.54, 1.807) is 24.8 Å². The van der Waals surface area contributed by atoms with E-state index in [-0.39, 0.29) is 23.8 Å². The molecule has 6 rings (SSSR count). The van der Waals surface area contributed by atoms with Gasteiger partial charge in [0.2, 0.25) is 10.0 Å². The molecule has 3 aromatic rings. The third-order valence-electron chi connectivity index (χ3n) is 7.91. The van der Waals surface area contributed by atoms with Crippen LogP contribution < -0.4 is 4.90 Å². The summed E-state index contributed by atoms with van der Waals surface area (Å²) in [5.41, 5.74) is 1.02. The number of piperidine rings is 1. The monoisotopic (exact) mass is 499 g/mol. The fourth-order valence-electron chi connectivity index (χ4n) is 5.96. The number of rotatable bonds is 5. The van der Waals surface area contributed by atoms with Crippen molar-refractivity contribution >= 4 is 15.7 Å². The molecule has 10 heteroatoms. The van der Waals surface area contributed by atoms with Crippen LogP contribution in [0.4, 0.5) is 14.5 Å². The molecule has 7 nitrogen and oxygen atoms in total. The lowest BCUT2D eigenvalue weighted by Gasteiger charge is -2.37. The Morgan fingerprint density at radius 2 is 1.66 bits per heavy atom. The quantitative estimate of drug-likeness (QED) is 0.532. The van der Waals surface area contributed by atoms with Crippen LogP contribution in [0.25, 0.3) is 0 Å². The Hall–Kier alpha value is -2.85. The molecule has 0 amide bonds. The molecule has 1 aliphatic carbocycles. The van der Waals surface area contributed by atoms with E-state index < -0.39 is 26.9 Å². The molecule has 0 radical (unpaired) electrons. The molecule has 2 saturated heterocycles. The number of sulfonamides is 1. The van der Waals surface area contributed by atoms with Gasteiger partial charge in [-0.2, -0.15) is 4.31 Å². The SMILES string of the molecule is C[C@H]1CCC(c2ccccc2)S(=O)(=O)N1Cc1cc(F)c(N2C[C@@H]3[C@H](C2)[C@H]3n2cnnc2)cc1F. The minimum atomic E-state index is -3.73. The Balaban J connectivity index is 1.20. The minimum Gasteiger partial charge on any atom is -0.368 e. The number of benzene rings is 2. The van der Waals surface area contributed by atoms with Crippen molar-refractivity contribution in [3.63, 3.8) is 0 Å². The number of nitrogens with zero attached hydrogens (tertiary/aromatic N) is 5. The zero-order valence-electron chi connectivity index (χ0n) is 19.3. The van der Waals surface area contributed by atoms with Crippen molar-refractivity contribution < 1.29 is 17.2 Å². The lowest BCUT2D eigenvalue weighted by Crippen LogP contribution is -2.44. The van der Waals surface area contributed by atoms with Gasteiger partial charge >= 0.3 is 0 Å². The number of anilines is 1. The second-order valence-corrected chi connectivity index (χ2v) is 12.0. The van der Waals surface area contributed by atoms with Crippen molar-refractivity contribution in [3.8, 4) is 0 Å². The van der Waals surface area contributed by atoms with Gasteiger partial charge < -0.3 is 9.47 Å². The Morgan fingerprint density at radius 1 is 0.971 bits per heavy atom. The molecule has 184 valence electrons. The lowest BCUT2D eigenvalue weighted by atomic mass is 10.0. The van der Waals surface area contributed by atoms with E-state index in [0.717, 1.165) is 5.56 Å². The van der Waals surface area contributed by atoms with Crippen LogP contribution in [0.15, 0.2) is 55.1 Å². The van der Waals surface area contributed by atoms with E-state index >= 15 is 8.78 Å². The normalized spacial score (nSPS) is 29.8. The van der Waals surface area contributed by atoms with E-state index in [1.165, 1.54) is 16.4 Å². The minimum absolute atomic E-state index is 0.0575. The lowest BCUT2D eigenvalue weighted by molar-refractivity contribution is 0.279. The molecule has 2 aliphatic heterocycles. The predicted octanol–water partition coefficient (Wildman–Crippen LogP) is 3.92. The number of halogens is 2. The van der Waals surface area contributed by atoms with Gasteiger partial charge in [0.25, 0.3) is 0 Å². The third kappa shape index (κ3) is 3.83. The molecule has 3 heterocycles. The van der Waals surface area contributed by atoms with E-state index in [1.807, 2.05) is 34.6 Å². The molecule has 0 spiro atoms. The van der Waals surface area contributed by atoms with Gasteiger partial charge in [-0.15, -0.1) is 10.2 Å². The molecule has 0 bridgehead atoms. The van der Waals surface area contributed by atoms with E-state index in [0.29, 0.717) is 43.8 Å². The van der Waals surface area contributed by atoms with Crippen LogP contribution in [0.5, 0.6) is 0 Å². The van der Waals surface area contributed by atoms with E-state index in [9.17, 15) is 8.42 Å². The van der Waals surface area contributed by atoms with Crippen molar-refractivity contribution in [2.75, 3.05) is 18.0 Å². The number of aromatic nitrogens is 3. The smallest absolute Gasteiger partial charge is 0.221 e. The summed E-state index contributed by atoms with van der Waals surface area (Å²) in [4.78, 5) is 1.88. The molecule has 1 aromatic heterocycles. The molecule has 2 aromatic carbocycles. The third-order valence-corrected chi connectivity index (χ3v) is 10.3. The van der Waals surface area contributed by atoms with Crippen molar-refractivity contribution in [1.29, 1.82) is 0 Å². The zero-order valence-corrected chi connectivity index (χ0v) is 20.2.